The van der Waals surface area contributed by atoms with E-state index in [1.807, 2.05) is 41.0 Å². The van der Waals surface area contributed by atoms with E-state index in [2.05, 4.69) is 40.3 Å². The van der Waals surface area contributed by atoms with Crippen LogP contribution in [0.4, 0.5) is 5.69 Å². The number of rotatable bonds is 5. The van der Waals surface area contributed by atoms with Crippen molar-refractivity contribution in [2.75, 3.05) is 31.2 Å². The smallest absolute Gasteiger partial charge is 0.245 e. The molecule has 1 atom stereocenters. The number of ether oxygens (including phenoxy) is 1. The second-order valence-electron chi connectivity index (χ2n) is 8.76. The summed E-state index contributed by atoms with van der Waals surface area (Å²) < 4.78 is 7.45. The number of carbonyl (C=O) groups is 1. The lowest BCUT2D eigenvalue weighted by Gasteiger charge is -2.43. The van der Waals surface area contributed by atoms with Gasteiger partial charge in [0.1, 0.15) is 6.04 Å². The summed E-state index contributed by atoms with van der Waals surface area (Å²) in [5, 5.41) is 5.49. The topological polar surface area (TPSA) is 50.6 Å². The first-order chi connectivity index (χ1) is 15.2. The Kier molecular flexibility index (Phi) is 5.64. The Morgan fingerprint density at radius 1 is 1.06 bits per heavy atom. The molecule has 0 saturated carbocycles. The first kappa shape index (κ1) is 20.1. The van der Waals surface area contributed by atoms with Crippen LogP contribution in [0.5, 0.6) is 0 Å². The standard InChI is InChI=1S/C25H30N4O2/c1-27-23-8-7-22(16-21(23)17-26-27)29-12-11-28(18-20-5-3-2-4-6-20)25(30)24(29)15-19-9-13-31-14-10-19/h2-8,16-17,19,24H,9-15,18H2,1H3. The Morgan fingerprint density at radius 3 is 2.68 bits per heavy atom. The molecule has 2 fully saturated rings. The number of piperazine rings is 1. The van der Waals surface area contributed by atoms with Crippen LogP contribution >= 0.6 is 0 Å². The van der Waals surface area contributed by atoms with E-state index >= 15 is 0 Å². The van der Waals surface area contributed by atoms with Gasteiger partial charge >= 0.3 is 0 Å². The Labute approximate surface area is 183 Å². The number of nitrogens with zero attached hydrogens (tertiary/aromatic N) is 4. The normalized spacial score (nSPS) is 20.5. The third-order valence-corrected chi connectivity index (χ3v) is 6.76. The number of carbonyl (C=O) groups excluding carboxylic acids is 1. The third kappa shape index (κ3) is 4.17. The van der Waals surface area contributed by atoms with Gasteiger partial charge in [-0.15, -0.1) is 0 Å². The molecule has 2 saturated heterocycles. The molecule has 0 spiro atoms. The summed E-state index contributed by atoms with van der Waals surface area (Å²) in [6.45, 7) is 3.88. The molecular weight excluding hydrogens is 388 g/mol. The summed E-state index contributed by atoms with van der Waals surface area (Å²) in [4.78, 5) is 18.1. The summed E-state index contributed by atoms with van der Waals surface area (Å²) in [6, 6.07) is 16.6. The Morgan fingerprint density at radius 2 is 1.87 bits per heavy atom. The highest BCUT2D eigenvalue weighted by molar-refractivity contribution is 5.89. The van der Waals surface area contributed by atoms with Gasteiger partial charge in [0.15, 0.2) is 0 Å². The highest BCUT2D eigenvalue weighted by Crippen LogP contribution is 2.31. The molecule has 2 aliphatic rings. The number of fused-ring (bicyclic) bond motifs is 1. The van der Waals surface area contributed by atoms with Crippen molar-refractivity contribution in [1.82, 2.24) is 14.7 Å². The van der Waals surface area contributed by atoms with Crippen LogP contribution in [0, 0.1) is 5.92 Å². The lowest BCUT2D eigenvalue weighted by atomic mass is 9.90. The van der Waals surface area contributed by atoms with Crippen LogP contribution in [0.15, 0.2) is 54.7 Å². The van der Waals surface area contributed by atoms with E-state index < -0.39 is 0 Å². The monoisotopic (exact) mass is 418 g/mol. The number of benzene rings is 2. The maximum absolute atomic E-state index is 13.7. The molecule has 3 aromatic rings. The molecule has 3 heterocycles. The Bertz CT molecular complexity index is 1040. The van der Waals surface area contributed by atoms with Gasteiger partial charge in [0.25, 0.3) is 0 Å². The average molecular weight is 419 g/mol. The fourth-order valence-electron chi connectivity index (χ4n) is 4.96. The quantitative estimate of drug-likeness (QED) is 0.635. The van der Waals surface area contributed by atoms with Crippen molar-refractivity contribution >= 4 is 22.5 Å². The molecule has 2 aliphatic heterocycles. The van der Waals surface area contributed by atoms with Gasteiger partial charge in [-0.05, 0) is 48.9 Å². The lowest BCUT2D eigenvalue weighted by molar-refractivity contribution is -0.135. The molecule has 162 valence electrons. The van der Waals surface area contributed by atoms with Crippen molar-refractivity contribution in [2.24, 2.45) is 13.0 Å². The van der Waals surface area contributed by atoms with Crippen molar-refractivity contribution < 1.29 is 9.53 Å². The second-order valence-corrected chi connectivity index (χ2v) is 8.76. The number of hydrogen-bond donors (Lipinski definition) is 0. The molecule has 2 aromatic carbocycles. The van der Waals surface area contributed by atoms with Crippen molar-refractivity contribution in [2.45, 2.75) is 31.8 Å². The molecule has 6 heteroatoms. The van der Waals surface area contributed by atoms with E-state index in [9.17, 15) is 4.79 Å². The number of aromatic nitrogens is 2. The molecule has 31 heavy (non-hydrogen) atoms. The van der Waals surface area contributed by atoms with Crippen LogP contribution < -0.4 is 4.90 Å². The van der Waals surface area contributed by atoms with E-state index in [1.54, 1.807) is 0 Å². The number of hydrogen-bond acceptors (Lipinski definition) is 4. The van der Waals surface area contributed by atoms with Gasteiger partial charge in [0.2, 0.25) is 5.91 Å². The third-order valence-electron chi connectivity index (χ3n) is 6.76. The molecule has 0 radical (unpaired) electrons. The van der Waals surface area contributed by atoms with Crippen molar-refractivity contribution in [3.63, 3.8) is 0 Å². The summed E-state index contributed by atoms with van der Waals surface area (Å²) in [6.07, 6.45) is 4.87. The maximum atomic E-state index is 13.7. The van der Waals surface area contributed by atoms with E-state index in [-0.39, 0.29) is 11.9 Å². The van der Waals surface area contributed by atoms with E-state index in [1.165, 1.54) is 5.56 Å². The minimum absolute atomic E-state index is 0.130. The van der Waals surface area contributed by atoms with Crippen LogP contribution in [0.2, 0.25) is 0 Å². The van der Waals surface area contributed by atoms with Crippen molar-refractivity contribution in [3.8, 4) is 0 Å². The highest BCUT2D eigenvalue weighted by atomic mass is 16.5. The summed E-state index contributed by atoms with van der Waals surface area (Å²) in [5.74, 6) is 0.775. The molecule has 1 aromatic heterocycles. The van der Waals surface area contributed by atoms with Crippen LogP contribution in [-0.2, 0) is 23.1 Å². The molecule has 1 unspecified atom stereocenters. The van der Waals surface area contributed by atoms with Crippen molar-refractivity contribution in [3.05, 3.63) is 60.3 Å². The first-order valence-electron chi connectivity index (χ1n) is 11.3. The summed E-state index contributed by atoms with van der Waals surface area (Å²) >= 11 is 0. The number of amides is 1. The van der Waals surface area contributed by atoms with E-state index in [0.717, 1.165) is 62.2 Å². The molecular formula is C25H30N4O2. The van der Waals surface area contributed by atoms with Crippen molar-refractivity contribution in [1.29, 1.82) is 0 Å². The van der Waals surface area contributed by atoms with Gasteiger partial charge in [0, 0.05) is 51.0 Å². The predicted molar refractivity (Wildman–Crippen MR) is 122 cm³/mol. The van der Waals surface area contributed by atoms with E-state index in [0.29, 0.717) is 12.5 Å². The molecule has 1 amide bonds. The van der Waals surface area contributed by atoms with Crippen LogP contribution in [0.1, 0.15) is 24.8 Å². The largest absolute Gasteiger partial charge is 0.381 e. The van der Waals surface area contributed by atoms with Gasteiger partial charge in [-0.2, -0.15) is 5.10 Å². The molecule has 0 aliphatic carbocycles. The lowest BCUT2D eigenvalue weighted by Crippen LogP contribution is -2.57. The maximum Gasteiger partial charge on any atom is 0.245 e. The number of anilines is 1. The molecule has 0 N–H and O–H groups in total. The Balaban J connectivity index is 1.42. The zero-order valence-electron chi connectivity index (χ0n) is 18.1. The minimum Gasteiger partial charge on any atom is -0.381 e. The van der Waals surface area contributed by atoms with E-state index in [4.69, 9.17) is 4.74 Å². The highest BCUT2D eigenvalue weighted by Gasteiger charge is 2.36. The second kappa shape index (κ2) is 8.71. The van der Waals surface area contributed by atoms with Gasteiger partial charge < -0.3 is 14.5 Å². The number of aryl methyl sites for hydroxylation is 1. The summed E-state index contributed by atoms with van der Waals surface area (Å²) in [5.41, 5.74) is 3.41. The molecule has 5 rings (SSSR count). The summed E-state index contributed by atoms with van der Waals surface area (Å²) in [7, 11) is 1.96. The first-order valence-corrected chi connectivity index (χ1v) is 11.3. The SMILES string of the molecule is Cn1ncc2cc(N3CCN(Cc4ccccc4)C(=O)C3CC3CCOCC3)ccc21. The van der Waals surface area contributed by atoms with Gasteiger partial charge in [-0.1, -0.05) is 30.3 Å². The van der Waals surface area contributed by atoms with Gasteiger partial charge in [-0.25, -0.2) is 0 Å². The van der Waals surface area contributed by atoms with Crippen LogP contribution in [0.25, 0.3) is 10.9 Å². The predicted octanol–water partition coefficient (Wildman–Crippen LogP) is 3.61. The fourth-order valence-corrected chi connectivity index (χ4v) is 4.96. The van der Waals surface area contributed by atoms with Gasteiger partial charge in [-0.3, -0.25) is 9.48 Å². The fraction of sp³-hybridized carbons (Fsp3) is 0.440. The van der Waals surface area contributed by atoms with Gasteiger partial charge in [0.05, 0.1) is 11.7 Å². The zero-order chi connectivity index (χ0) is 21.2. The van der Waals surface area contributed by atoms with Crippen LogP contribution in [0.3, 0.4) is 0 Å². The average Bonchev–Trinajstić information content (AvgIpc) is 3.18. The van der Waals surface area contributed by atoms with Crippen LogP contribution in [-0.4, -0.2) is 52.9 Å². The minimum atomic E-state index is -0.130. The zero-order valence-corrected chi connectivity index (χ0v) is 18.1. The Hall–Kier alpha value is -2.86. The molecule has 6 nitrogen and oxygen atoms in total. The molecule has 0 bridgehead atoms.